The van der Waals surface area contributed by atoms with Crippen LogP contribution in [0.1, 0.15) is 20.3 Å². The van der Waals surface area contributed by atoms with Gasteiger partial charge >= 0.3 is 5.97 Å². The number of hydrogen-bond acceptors (Lipinski definition) is 3. The smallest absolute Gasteiger partial charge is 0.324 e. The van der Waals surface area contributed by atoms with Gasteiger partial charge in [-0.25, -0.2) is 12.8 Å². The van der Waals surface area contributed by atoms with E-state index in [0.717, 1.165) is 26.0 Å². The molecule has 7 heteroatoms. The summed E-state index contributed by atoms with van der Waals surface area (Å²) in [7, 11) is -4.02. The lowest BCUT2D eigenvalue weighted by Gasteiger charge is -2.23. The lowest BCUT2D eigenvalue weighted by Crippen LogP contribution is -2.41. The molecule has 1 atom stereocenters. The van der Waals surface area contributed by atoms with Crippen LogP contribution < -0.4 is 0 Å². The SMILES string of the molecule is CC(C)(C(=O)O)S(=O)(=O)C1=CCC(F)(Br)C=C1. The van der Waals surface area contributed by atoms with Crippen molar-refractivity contribution in [3.05, 3.63) is 23.1 Å². The van der Waals surface area contributed by atoms with Crippen molar-refractivity contribution in [3.8, 4) is 0 Å². The number of sulfone groups is 1. The van der Waals surface area contributed by atoms with Gasteiger partial charge in [-0.2, -0.15) is 0 Å². The minimum Gasteiger partial charge on any atom is -0.480 e. The first-order valence-electron chi connectivity index (χ1n) is 4.76. The summed E-state index contributed by atoms with van der Waals surface area (Å²) in [4.78, 5) is 10.8. The Morgan fingerprint density at radius 2 is 2.12 bits per heavy atom. The number of carboxylic acids is 1. The van der Waals surface area contributed by atoms with Gasteiger partial charge in [-0.05, 0) is 41.9 Å². The third-order valence-electron chi connectivity index (χ3n) is 2.56. The molecule has 1 aliphatic carbocycles. The molecule has 0 radical (unpaired) electrons. The average molecular weight is 327 g/mol. The highest BCUT2D eigenvalue weighted by molar-refractivity contribution is 9.10. The Hall–Kier alpha value is -0.690. The molecular weight excluding hydrogens is 315 g/mol. The number of hydrogen-bond donors (Lipinski definition) is 1. The van der Waals surface area contributed by atoms with Gasteiger partial charge in [-0.3, -0.25) is 4.79 Å². The monoisotopic (exact) mass is 326 g/mol. The predicted molar refractivity (Wildman–Crippen MR) is 65.2 cm³/mol. The second kappa shape index (κ2) is 4.20. The average Bonchev–Trinajstić information content (AvgIpc) is 2.16. The van der Waals surface area contributed by atoms with Gasteiger partial charge in [-0.15, -0.1) is 0 Å². The molecule has 0 aromatic rings. The van der Waals surface area contributed by atoms with Gasteiger partial charge in [0.1, 0.15) is 0 Å². The first kappa shape index (κ1) is 14.4. The van der Waals surface area contributed by atoms with Crippen LogP contribution >= 0.6 is 15.9 Å². The Kier molecular flexibility index (Phi) is 3.55. The normalized spacial score (nSPS) is 25.5. The van der Waals surface area contributed by atoms with Crippen LogP contribution in [0.25, 0.3) is 0 Å². The molecule has 1 unspecified atom stereocenters. The topological polar surface area (TPSA) is 71.4 Å². The van der Waals surface area contributed by atoms with Gasteiger partial charge < -0.3 is 5.11 Å². The van der Waals surface area contributed by atoms with E-state index in [0.29, 0.717) is 0 Å². The number of rotatable bonds is 3. The molecule has 0 fully saturated rings. The van der Waals surface area contributed by atoms with Gasteiger partial charge in [0.2, 0.25) is 0 Å². The highest BCUT2D eigenvalue weighted by Crippen LogP contribution is 2.35. The molecule has 1 aliphatic rings. The molecule has 0 heterocycles. The largest absolute Gasteiger partial charge is 0.480 e. The minimum absolute atomic E-state index is 0.159. The molecule has 1 N–H and O–H groups in total. The van der Waals surface area contributed by atoms with Crippen molar-refractivity contribution in [1.29, 1.82) is 0 Å². The van der Waals surface area contributed by atoms with Crippen molar-refractivity contribution in [1.82, 2.24) is 0 Å². The summed E-state index contributed by atoms with van der Waals surface area (Å²) in [6.07, 6.45) is 3.15. The molecule has 96 valence electrons. The van der Waals surface area contributed by atoms with Crippen molar-refractivity contribution in [3.63, 3.8) is 0 Å². The van der Waals surface area contributed by atoms with Crippen LogP contribution in [0.3, 0.4) is 0 Å². The number of aliphatic carboxylic acids is 1. The molecule has 1 rings (SSSR count). The van der Waals surface area contributed by atoms with E-state index in [4.69, 9.17) is 5.11 Å². The summed E-state index contributed by atoms with van der Waals surface area (Å²) in [6, 6.07) is 0. The molecule has 0 spiro atoms. The number of allylic oxidation sites excluding steroid dienone is 3. The van der Waals surface area contributed by atoms with Gasteiger partial charge in [0.05, 0.1) is 4.91 Å². The maximum Gasteiger partial charge on any atom is 0.324 e. The highest BCUT2D eigenvalue weighted by atomic mass is 79.9. The molecular formula is C10H12BrFO4S. The Labute approximate surface area is 107 Å². The van der Waals surface area contributed by atoms with Crippen molar-refractivity contribution in [2.24, 2.45) is 0 Å². The van der Waals surface area contributed by atoms with Crippen LogP contribution in [0, 0.1) is 0 Å². The number of alkyl halides is 2. The molecule has 0 saturated carbocycles. The maximum absolute atomic E-state index is 13.4. The zero-order chi connectivity index (χ0) is 13.5. The lowest BCUT2D eigenvalue weighted by molar-refractivity contribution is -0.139. The third-order valence-corrected chi connectivity index (χ3v) is 5.59. The van der Waals surface area contributed by atoms with Crippen LogP contribution in [0.4, 0.5) is 4.39 Å². The summed E-state index contributed by atoms with van der Waals surface area (Å²) in [6.45, 7) is 2.20. The molecule has 0 aromatic carbocycles. The fraction of sp³-hybridized carbons (Fsp3) is 0.500. The van der Waals surface area contributed by atoms with E-state index < -0.39 is 25.1 Å². The Morgan fingerprint density at radius 3 is 2.47 bits per heavy atom. The van der Waals surface area contributed by atoms with Crippen LogP contribution in [0.5, 0.6) is 0 Å². The zero-order valence-corrected chi connectivity index (χ0v) is 11.7. The third kappa shape index (κ3) is 2.60. The summed E-state index contributed by atoms with van der Waals surface area (Å²) in [5.41, 5.74) is 0. The molecule has 17 heavy (non-hydrogen) atoms. The zero-order valence-electron chi connectivity index (χ0n) is 9.28. The van der Waals surface area contributed by atoms with Crippen molar-refractivity contribution < 1.29 is 22.7 Å². The van der Waals surface area contributed by atoms with Crippen molar-refractivity contribution in [2.45, 2.75) is 29.6 Å². The summed E-state index contributed by atoms with van der Waals surface area (Å²) < 4.78 is 33.7. The Bertz CT molecular complexity index is 502. The van der Waals surface area contributed by atoms with Crippen molar-refractivity contribution in [2.75, 3.05) is 0 Å². The number of carboxylic acid groups (broad SMARTS) is 1. The number of halogens is 2. The molecule has 0 aliphatic heterocycles. The van der Waals surface area contributed by atoms with Crippen LogP contribution in [-0.4, -0.2) is 28.8 Å². The highest BCUT2D eigenvalue weighted by Gasteiger charge is 2.44. The van der Waals surface area contributed by atoms with Gasteiger partial charge in [0.25, 0.3) is 0 Å². The minimum atomic E-state index is -4.02. The van der Waals surface area contributed by atoms with Crippen LogP contribution in [0.2, 0.25) is 0 Å². The van der Waals surface area contributed by atoms with Crippen LogP contribution in [-0.2, 0) is 14.6 Å². The molecule has 4 nitrogen and oxygen atoms in total. The van der Waals surface area contributed by atoms with E-state index in [1.54, 1.807) is 0 Å². The standard InChI is InChI=1S/C10H12BrFO4S/c1-9(2,8(13)14)17(15,16)7-3-5-10(11,12)6-4-7/h3-5H,6H2,1-2H3,(H,13,14). The first-order valence-corrected chi connectivity index (χ1v) is 7.03. The fourth-order valence-electron chi connectivity index (χ4n) is 1.19. The Balaban J connectivity index is 3.16. The van der Waals surface area contributed by atoms with E-state index in [-0.39, 0.29) is 11.3 Å². The van der Waals surface area contributed by atoms with E-state index in [2.05, 4.69) is 15.9 Å². The summed E-state index contributed by atoms with van der Waals surface area (Å²) in [5.74, 6) is -1.44. The van der Waals surface area contributed by atoms with E-state index in [1.807, 2.05) is 0 Å². The quantitative estimate of drug-likeness (QED) is 0.807. The molecule has 0 aromatic heterocycles. The summed E-state index contributed by atoms with van der Waals surface area (Å²) >= 11 is 2.76. The molecule has 0 bridgehead atoms. The van der Waals surface area contributed by atoms with Gasteiger partial charge in [0, 0.05) is 6.42 Å². The molecule has 0 saturated heterocycles. The lowest BCUT2D eigenvalue weighted by atomic mass is 10.2. The van der Waals surface area contributed by atoms with E-state index in [1.165, 1.54) is 6.08 Å². The fourth-order valence-corrected chi connectivity index (χ4v) is 2.85. The molecule has 0 amide bonds. The second-order valence-corrected chi connectivity index (χ2v) is 8.04. The Morgan fingerprint density at radius 1 is 1.59 bits per heavy atom. The number of carbonyl (C=O) groups is 1. The predicted octanol–water partition coefficient (Wildman–Crippen LogP) is 2.17. The second-order valence-electron chi connectivity index (χ2n) is 4.22. The van der Waals surface area contributed by atoms with E-state index >= 15 is 0 Å². The summed E-state index contributed by atoms with van der Waals surface area (Å²) in [5, 5.41) is 8.90. The van der Waals surface area contributed by atoms with Gasteiger partial charge in [-0.1, -0.05) is 6.08 Å². The van der Waals surface area contributed by atoms with E-state index in [9.17, 15) is 17.6 Å². The maximum atomic E-state index is 13.4. The van der Waals surface area contributed by atoms with Gasteiger partial charge in [0.15, 0.2) is 19.2 Å². The van der Waals surface area contributed by atoms with Crippen LogP contribution in [0.15, 0.2) is 23.1 Å². The van der Waals surface area contributed by atoms with Crippen molar-refractivity contribution >= 4 is 31.7 Å². The first-order chi connectivity index (χ1) is 7.51.